The predicted octanol–water partition coefficient (Wildman–Crippen LogP) is 2.92. The maximum Gasteiger partial charge on any atom is 0.254 e. The predicted molar refractivity (Wildman–Crippen MR) is 90.6 cm³/mol. The van der Waals surface area contributed by atoms with Crippen LogP contribution >= 0.6 is 0 Å². The maximum absolute atomic E-state index is 13.0. The first-order valence-corrected chi connectivity index (χ1v) is 7.90. The maximum atomic E-state index is 13.0. The van der Waals surface area contributed by atoms with Gasteiger partial charge in [0.2, 0.25) is 0 Å². The van der Waals surface area contributed by atoms with Crippen LogP contribution in [0.1, 0.15) is 22.0 Å². The Morgan fingerprint density at radius 3 is 2.54 bits per heavy atom. The minimum Gasteiger partial charge on any atom is -0.493 e. The third-order valence-corrected chi connectivity index (χ3v) is 4.20. The standard InChI is InChI=1S/C19H21NO4/c1-22-17-9-8-15(12-18(17)23-2)19(21)20-10-11-24-13-16(20)14-6-4-3-5-7-14/h3-9,12,16H,10-11,13H2,1-2H3. The lowest BCUT2D eigenvalue weighted by Gasteiger charge is -2.36. The fourth-order valence-corrected chi connectivity index (χ4v) is 2.93. The van der Waals surface area contributed by atoms with E-state index in [0.29, 0.717) is 36.8 Å². The third kappa shape index (κ3) is 3.21. The van der Waals surface area contributed by atoms with Gasteiger partial charge in [-0.25, -0.2) is 0 Å². The summed E-state index contributed by atoms with van der Waals surface area (Å²) in [5.74, 6) is 1.12. The summed E-state index contributed by atoms with van der Waals surface area (Å²) in [4.78, 5) is 14.9. The van der Waals surface area contributed by atoms with Crippen molar-refractivity contribution in [3.8, 4) is 11.5 Å². The summed E-state index contributed by atoms with van der Waals surface area (Å²) < 4.78 is 16.1. The molecule has 3 rings (SSSR count). The molecule has 126 valence electrons. The summed E-state index contributed by atoms with van der Waals surface area (Å²) in [5.41, 5.74) is 1.65. The molecule has 1 aliphatic heterocycles. The first-order valence-electron chi connectivity index (χ1n) is 7.90. The average Bonchev–Trinajstić information content (AvgIpc) is 2.67. The van der Waals surface area contributed by atoms with Gasteiger partial charge in [-0.1, -0.05) is 30.3 Å². The largest absolute Gasteiger partial charge is 0.493 e. The number of carbonyl (C=O) groups is 1. The van der Waals surface area contributed by atoms with Crippen molar-refractivity contribution in [3.63, 3.8) is 0 Å². The summed E-state index contributed by atoms with van der Waals surface area (Å²) in [6.07, 6.45) is 0. The number of amides is 1. The normalized spacial score (nSPS) is 17.4. The number of hydrogen-bond acceptors (Lipinski definition) is 4. The molecule has 24 heavy (non-hydrogen) atoms. The highest BCUT2D eigenvalue weighted by molar-refractivity contribution is 5.95. The molecule has 1 fully saturated rings. The minimum atomic E-state index is -0.0828. The van der Waals surface area contributed by atoms with Crippen LogP contribution in [0.25, 0.3) is 0 Å². The van der Waals surface area contributed by atoms with Crippen molar-refractivity contribution in [2.24, 2.45) is 0 Å². The molecule has 1 atom stereocenters. The number of methoxy groups -OCH3 is 2. The Labute approximate surface area is 141 Å². The second-order valence-electron chi connectivity index (χ2n) is 5.57. The van der Waals surface area contributed by atoms with Crippen LogP contribution in [0.4, 0.5) is 0 Å². The van der Waals surface area contributed by atoms with E-state index in [1.165, 1.54) is 0 Å². The van der Waals surface area contributed by atoms with Crippen molar-refractivity contribution < 1.29 is 19.0 Å². The van der Waals surface area contributed by atoms with Crippen molar-refractivity contribution in [1.29, 1.82) is 0 Å². The number of morpholine rings is 1. The molecule has 1 aliphatic rings. The number of carbonyl (C=O) groups excluding carboxylic acids is 1. The molecule has 0 saturated carbocycles. The van der Waals surface area contributed by atoms with Gasteiger partial charge in [0.25, 0.3) is 5.91 Å². The molecule has 1 amide bonds. The Kier molecular flexibility index (Phi) is 5.01. The molecule has 0 N–H and O–H groups in total. The van der Waals surface area contributed by atoms with Gasteiger partial charge in [-0.05, 0) is 23.8 Å². The van der Waals surface area contributed by atoms with E-state index in [4.69, 9.17) is 14.2 Å². The minimum absolute atomic E-state index is 0.0342. The van der Waals surface area contributed by atoms with Crippen LogP contribution < -0.4 is 9.47 Å². The van der Waals surface area contributed by atoms with Gasteiger partial charge < -0.3 is 19.1 Å². The number of rotatable bonds is 4. The second kappa shape index (κ2) is 7.36. The number of hydrogen-bond donors (Lipinski definition) is 0. The van der Waals surface area contributed by atoms with Crippen molar-refractivity contribution >= 4 is 5.91 Å². The van der Waals surface area contributed by atoms with Gasteiger partial charge in [-0.15, -0.1) is 0 Å². The van der Waals surface area contributed by atoms with Crippen LogP contribution in [0.3, 0.4) is 0 Å². The number of ether oxygens (including phenoxy) is 3. The lowest BCUT2D eigenvalue weighted by Crippen LogP contribution is -2.43. The molecule has 0 spiro atoms. The van der Waals surface area contributed by atoms with Crippen LogP contribution in [0, 0.1) is 0 Å². The highest BCUT2D eigenvalue weighted by atomic mass is 16.5. The molecule has 1 unspecified atom stereocenters. The molecule has 2 aromatic rings. The zero-order valence-corrected chi connectivity index (χ0v) is 13.9. The van der Waals surface area contributed by atoms with Gasteiger partial charge in [0.1, 0.15) is 0 Å². The van der Waals surface area contributed by atoms with Crippen LogP contribution in [0.15, 0.2) is 48.5 Å². The van der Waals surface area contributed by atoms with Crippen LogP contribution in [-0.4, -0.2) is 44.8 Å². The van der Waals surface area contributed by atoms with Crippen molar-refractivity contribution in [3.05, 3.63) is 59.7 Å². The molecule has 0 aliphatic carbocycles. The molecule has 1 heterocycles. The van der Waals surface area contributed by atoms with E-state index >= 15 is 0 Å². The lowest BCUT2D eigenvalue weighted by molar-refractivity contribution is -0.00271. The van der Waals surface area contributed by atoms with E-state index in [9.17, 15) is 4.79 Å². The van der Waals surface area contributed by atoms with Gasteiger partial charge in [0.15, 0.2) is 11.5 Å². The smallest absolute Gasteiger partial charge is 0.254 e. The van der Waals surface area contributed by atoms with Gasteiger partial charge >= 0.3 is 0 Å². The van der Waals surface area contributed by atoms with Crippen LogP contribution in [0.5, 0.6) is 11.5 Å². The van der Waals surface area contributed by atoms with Crippen molar-refractivity contribution in [2.45, 2.75) is 6.04 Å². The highest BCUT2D eigenvalue weighted by Crippen LogP contribution is 2.30. The molecule has 0 bridgehead atoms. The van der Waals surface area contributed by atoms with Crippen LogP contribution in [-0.2, 0) is 4.74 Å². The van der Waals surface area contributed by atoms with Gasteiger partial charge in [0, 0.05) is 12.1 Å². The number of benzene rings is 2. The first-order chi connectivity index (χ1) is 11.7. The van der Waals surface area contributed by atoms with Crippen molar-refractivity contribution in [2.75, 3.05) is 34.0 Å². The van der Waals surface area contributed by atoms with E-state index in [-0.39, 0.29) is 11.9 Å². The van der Waals surface area contributed by atoms with Gasteiger partial charge in [-0.3, -0.25) is 4.79 Å². The Bertz CT molecular complexity index is 702. The quantitative estimate of drug-likeness (QED) is 0.866. The Morgan fingerprint density at radius 2 is 1.83 bits per heavy atom. The Balaban J connectivity index is 1.89. The third-order valence-electron chi connectivity index (χ3n) is 4.20. The van der Waals surface area contributed by atoms with E-state index < -0.39 is 0 Å². The average molecular weight is 327 g/mol. The highest BCUT2D eigenvalue weighted by Gasteiger charge is 2.29. The van der Waals surface area contributed by atoms with E-state index in [0.717, 1.165) is 5.56 Å². The van der Waals surface area contributed by atoms with Crippen LogP contribution in [0.2, 0.25) is 0 Å². The molecule has 2 aromatic carbocycles. The molecular formula is C19H21NO4. The summed E-state index contributed by atoms with van der Waals surface area (Å²) in [5, 5.41) is 0. The number of nitrogens with zero attached hydrogens (tertiary/aromatic N) is 1. The fourth-order valence-electron chi connectivity index (χ4n) is 2.93. The monoisotopic (exact) mass is 327 g/mol. The van der Waals surface area contributed by atoms with Gasteiger partial charge in [0.05, 0.1) is 33.5 Å². The second-order valence-corrected chi connectivity index (χ2v) is 5.57. The summed E-state index contributed by atoms with van der Waals surface area (Å²) in [7, 11) is 3.14. The Morgan fingerprint density at radius 1 is 1.08 bits per heavy atom. The summed E-state index contributed by atoms with van der Waals surface area (Å²) in [6.45, 7) is 1.61. The molecule has 0 aromatic heterocycles. The molecule has 1 saturated heterocycles. The summed E-state index contributed by atoms with van der Waals surface area (Å²) in [6, 6.07) is 15.1. The fraction of sp³-hybridized carbons (Fsp3) is 0.316. The summed E-state index contributed by atoms with van der Waals surface area (Å²) >= 11 is 0. The van der Waals surface area contributed by atoms with Gasteiger partial charge in [-0.2, -0.15) is 0 Å². The Hall–Kier alpha value is -2.53. The topological polar surface area (TPSA) is 48.0 Å². The zero-order valence-electron chi connectivity index (χ0n) is 13.9. The first kappa shape index (κ1) is 16.3. The molecular weight excluding hydrogens is 306 g/mol. The molecule has 5 heteroatoms. The lowest BCUT2D eigenvalue weighted by atomic mass is 10.0. The zero-order chi connectivity index (χ0) is 16.9. The van der Waals surface area contributed by atoms with E-state index in [2.05, 4.69) is 0 Å². The molecule has 0 radical (unpaired) electrons. The van der Waals surface area contributed by atoms with Crippen molar-refractivity contribution in [1.82, 2.24) is 4.90 Å². The SMILES string of the molecule is COc1ccc(C(=O)N2CCOCC2c2ccccc2)cc1OC. The molecule has 5 nitrogen and oxygen atoms in total. The van der Waals surface area contributed by atoms with E-state index in [1.807, 2.05) is 35.2 Å². The van der Waals surface area contributed by atoms with E-state index in [1.54, 1.807) is 32.4 Å².